The van der Waals surface area contributed by atoms with Crippen molar-refractivity contribution in [3.05, 3.63) is 35.9 Å². The number of guanidine groups is 3. The van der Waals surface area contributed by atoms with Gasteiger partial charge in [0.1, 0.15) is 48.3 Å². The molecule has 7 rings (SSSR count). The first-order chi connectivity index (χ1) is 45.5. The molecular weight excluding hydrogens is 1240 g/mol. The highest BCUT2D eigenvalue weighted by molar-refractivity contribution is 5.98. The maximum absolute atomic E-state index is 14.8. The number of likely N-dealkylation sites (tertiary alicyclic amines) is 2. The van der Waals surface area contributed by atoms with Crippen molar-refractivity contribution >= 4 is 82.9 Å². The molecular formula is C64H103N19O13. The quantitative estimate of drug-likeness (QED) is 0.0178. The molecule has 1 aromatic carbocycles. The Morgan fingerprint density at radius 1 is 0.552 bits per heavy atom. The molecule has 0 radical (unpaired) electrons. The Balaban J connectivity index is 1.07. The lowest BCUT2D eigenvalue weighted by Gasteiger charge is -2.55. The Morgan fingerprint density at radius 3 is 1.55 bits per heavy atom. The largest absolute Gasteiger partial charge is 0.480 e. The van der Waals surface area contributed by atoms with Gasteiger partial charge in [-0.05, 0) is 138 Å². The third-order valence-corrected chi connectivity index (χ3v) is 18.4. The molecule has 4 saturated carbocycles. The van der Waals surface area contributed by atoms with E-state index >= 15 is 0 Å². The number of aliphatic imine (C=N–C) groups is 3. The Labute approximate surface area is 560 Å². The molecule has 10 amide bonds. The SMILES string of the molecule is CC(C)C[C@H](NC(=O)CNC(=O)[C@@H]1CC(O)CN1C(=O)[C@@H]1CCCN1C(=O)[C@H](CCCN=C(N)N)NC(=O)[C@@H](CCCN=C(N)N)NC(=O)C12CC3CC(CC(C3)C1)C2)C(=O)NCC(=O)N[C@H](Cc1ccccc1)C(=O)N[C@@H](CC(C)C)C(=O)N[C@@H](CCCN=C(N)N)C(=O)O. The Hall–Kier alpha value is -8.84. The first kappa shape index (κ1) is 76.2. The van der Waals surface area contributed by atoms with Crippen molar-refractivity contribution < 1.29 is 63.0 Å². The summed E-state index contributed by atoms with van der Waals surface area (Å²) in [6.45, 7) is 6.11. The number of nitrogens with two attached hydrogens (primary N) is 6. The number of hydrogen-bond acceptors (Lipinski definition) is 15. The molecule has 4 bridgehead atoms. The molecule has 22 N–H and O–H groups in total. The molecule has 32 heteroatoms. The lowest BCUT2D eigenvalue weighted by atomic mass is 9.49. The lowest BCUT2D eigenvalue weighted by Crippen LogP contribution is -2.60. The summed E-state index contributed by atoms with van der Waals surface area (Å²) in [6.07, 6.45) is 5.90. The number of nitrogens with zero attached hydrogens (tertiary/aromatic N) is 5. The van der Waals surface area contributed by atoms with Crippen molar-refractivity contribution in [2.24, 2.45) is 84.4 Å². The van der Waals surface area contributed by atoms with Crippen LogP contribution in [0.1, 0.15) is 142 Å². The van der Waals surface area contributed by atoms with E-state index in [1.807, 2.05) is 0 Å². The van der Waals surface area contributed by atoms with E-state index in [0.717, 1.165) is 38.5 Å². The monoisotopic (exact) mass is 1350 g/mol. The van der Waals surface area contributed by atoms with Gasteiger partial charge in [-0.15, -0.1) is 0 Å². The second-order valence-corrected chi connectivity index (χ2v) is 27.3. The number of benzene rings is 1. The highest BCUT2D eigenvalue weighted by Gasteiger charge is 2.55. The van der Waals surface area contributed by atoms with Crippen LogP contribution in [0.5, 0.6) is 0 Å². The summed E-state index contributed by atoms with van der Waals surface area (Å²) in [5, 5.41) is 42.2. The Morgan fingerprint density at radius 2 is 1.02 bits per heavy atom. The number of carbonyl (C=O) groups is 11. The summed E-state index contributed by atoms with van der Waals surface area (Å²) in [5.41, 5.74) is 33.2. The second-order valence-electron chi connectivity index (χ2n) is 27.3. The van der Waals surface area contributed by atoms with Gasteiger partial charge in [0.25, 0.3) is 0 Å². The molecule has 1 aromatic rings. The van der Waals surface area contributed by atoms with Gasteiger partial charge in [0.05, 0.1) is 19.2 Å². The van der Waals surface area contributed by atoms with Crippen LogP contribution >= 0.6 is 0 Å². The van der Waals surface area contributed by atoms with Gasteiger partial charge in [-0.2, -0.15) is 0 Å². The van der Waals surface area contributed by atoms with Gasteiger partial charge in [-0.3, -0.25) is 62.9 Å². The van der Waals surface area contributed by atoms with E-state index in [1.165, 1.54) is 9.80 Å². The Kier molecular flexibility index (Phi) is 28.8. The second kappa shape index (κ2) is 36.3. The lowest BCUT2D eigenvalue weighted by molar-refractivity contribution is -0.149. The normalized spacial score (nSPS) is 22.6. The highest BCUT2D eigenvalue weighted by atomic mass is 16.4. The number of nitrogens with one attached hydrogen (secondary N) is 8. The third kappa shape index (κ3) is 23.2. The molecule has 0 spiro atoms. The number of carbonyl (C=O) groups excluding carboxylic acids is 10. The Bertz CT molecular complexity index is 2950. The fraction of sp³-hybridized carbons (Fsp3) is 0.688. The van der Waals surface area contributed by atoms with E-state index in [1.54, 1.807) is 58.0 Å². The predicted octanol–water partition coefficient (Wildman–Crippen LogP) is -3.12. The smallest absolute Gasteiger partial charge is 0.326 e. The minimum absolute atomic E-state index is 0.0160. The summed E-state index contributed by atoms with van der Waals surface area (Å²) >= 11 is 0. The van der Waals surface area contributed by atoms with Crippen LogP contribution in [0.25, 0.3) is 0 Å². The molecule has 6 fully saturated rings. The zero-order valence-corrected chi connectivity index (χ0v) is 55.7. The van der Waals surface area contributed by atoms with Crippen LogP contribution in [0.15, 0.2) is 45.3 Å². The first-order valence-corrected chi connectivity index (χ1v) is 33.6. The number of carboxylic acids is 1. The zero-order chi connectivity index (χ0) is 70.4. The van der Waals surface area contributed by atoms with E-state index in [2.05, 4.69) is 57.5 Å². The predicted molar refractivity (Wildman–Crippen MR) is 355 cm³/mol. The minimum atomic E-state index is -1.33. The van der Waals surface area contributed by atoms with E-state index < -0.39 is 132 Å². The van der Waals surface area contributed by atoms with Gasteiger partial charge in [-0.25, -0.2) is 4.79 Å². The molecule has 4 aliphatic carbocycles. The van der Waals surface area contributed by atoms with Crippen LogP contribution in [0, 0.1) is 35.0 Å². The van der Waals surface area contributed by atoms with Crippen LogP contribution in [0.3, 0.4) is 0 Å². The highest BCUT2D eigenvalue weighted by Crippen LogP contribution is 2.60. The van der Waals surface area contributed by atoms with E-state index in [9.17, 15) is 63.0 Å². The summed E-state index contributed by atoms with van der Waals surface area (Å²) in [5.74, 6) is -7.51. The van der Waals surface area contributed by atoms with E-state index in [0.29, 0.717) is 36.2 Å². The maximum Gasteiger partial charge on any atom is 0.326 e. The summed E-state index contributed by atoms with van der Waals surface area (Å²) in [7, 11) is 0. The molecule has 96 heavy (non-hydrogen) atoms. The molecule has 2 aliphatic heterocycles. The van der Waals surface area contributed by atoms with E-state index in [4.69, 9.17) is 34.4 Å². The van der Waals surface area contributed by atoms with Crippen molar-refractivity contribution in [3.8, 4) is 0 Å². The van der Waals surface area contributed by atoms with Crippen molar-refractivity contribution in [1.29, 1.82) is 0 Å². The van der Waals surface area contributed by atoms with Crippen LogP contribution in [0.2, 0.25) is 0 Å². The molecule has 1 unspecified atom stereocenters. The number of carboxylic acid groups (broad SMARTS) is 1. The molecule has 9 atom stereocenters. The molecule has 2 heterocycles. The molecule has 532 valence electrons. The number of aliphatic carboxylic acids is 1. The number of aliphatic hydroxyl groups excluding tert-OH is 1. The number of hydrogen-bond donors (Lipinski definition) is 16. The van der Waals surface area contributed by atoms with Gasteiger partial charge in [0, 0.05) is 51.0 Å². The fourth-order valence-corrected chi connectivity index (χ4v) is 14.3. The standard InChI is InChI=1S/C64H103N19O13/c1-35(2)22-45(52(87)74-32-50(85)77-47(27-37-12-6-5-7-13-37)55(90)80-46(23-36(3)4)54(89)79-44(59(94)95)16-10-20-73-63(69)70)76-51(86)33-75-56(91)49-28-41(84)34-83(49)58(93)48-17-11-21-82(48)57(92)43(15-9-19-72-62(67)68)78-53(88)42(14-8-18-71-61(65)66)81-60(96)64-29-38-24-39(30-64)26-40(25-38)31-64/h5-7,12-13,35-36,38-49,84H,8-11,14-34H2,1-4H3,(H,74,87)(H,75,91)(H,76,86)(H,77,85)(H,78,88)(H,79,89)(H,80,90)(H,81,96)(H,94,95)(H4,65,66,71)(H4,67,68,72)(H4,69,70,73)/t38?,39?,40?,41?,42-,43+,44+,45+,46+,47-,48+,49+,64?/m1/s1. The first-order valence-electron chi connectivity index (χ1n) is 33.6. The van der Waals surface area contributed by atoms with Crippen LogP contribution in [-0.2, 0) is 59.2 Å². The van der Waals surface area contributed by atoms with Gasteiger partial charge >= 0.3 is 5.97 Å². The molecule has 32 nitrogen and oxygen atoms in total. The average Bonchev–Trinajstić information content (AvgIpc) is 0.915. The van der Waals surface area contributed by atoms with E-state index in [-0.39, 0.29) is 133 Å². The molecule has 6 aliphatic rings. The van der Waals surface area contributed by atoms with Crippen molar-refractivity contribution in [2.75, 3.05) is 45.8 Å². The van der Waals surface area contributed by atoms with Crippen molar-refractivity contribution in [3.63, 3.8) is 0 Å². The summed E-state index contributed by atoms with van der Waals surface area (Å²) < 4.78 is 0. The number of β-amino-alcohol motifs (C(OH)–C–C–N with tert-alkyl or cyclic N) is 1. The average molecular weight is 1350 g/mol. The van der Waals surface area contributed by atoms with Crippen molar-refractivity contribution in [1.82, 2.24) is 52.3 Å². The number of rotatable bonds is 37. The van der Waals surface area contributed by atoms with Gasteiger partial charge in [0.2, 0.25) is 59.1 Å². The van der Waals surface area contributed by atoms with Crippen LogP contribution < -0.4 is 76.9 Å². The summed E-state index contributed by atoms with van der Waals surface area (Å²) in [6, 6.07) is -1.08. The number of amides is 10. The topological polar surface area (TPSA) is 524 Å². The summed E-state index contributed by atoms with van der Waals surface area (Å²) in [4.78, 5) is 168. The minimum Gasteiger partial charge on any atom is -0.480 e. The third-order valence-electron chi connectivity index (χ3n) is 18.4. The van der Waals surface area contributed by atoms with Gasteiger partial charge in [0.15, 0.2) is 17.9 Å². The fourth-order valence-electron chi connectivity index (χ4n) is 14.3. The van der Waals surface area contributed by atoms with Gasteiger partial charge < -0.3 is 96.9 Å². The zero-order valence-electron chi connectivity index (χ0n) is 55.7. The maximum atomic E-state index is 14.8. The van der Waals surface area contributed by atoms with Crippen LogP contribution in [0.4, 0.5) is 0 Å². The number of aliphatic hydroxyl groups is 1. The molecule has 2 saturated heterocycles. The van der Waals surface area contributed by atoms with Gasteiger partial charge in [-0.1, -0.05) is 58.0 Å². The van der Waals surface area contributed by atoms with Crippen LogP contribution in [-0.4, -0.2) is 203 Å². The van der Waals surface area contributed by atoms with Crippen molar-refractivity contribution in [2.45, 2.75) is 198 Å². The molecule has 0 aromatic heterocycles.